The van der Waals surface area contributed by atoms with Crippen LogP contribution < -0.4 is 0 Å². The van der Waals surface area contributed by atoms with Crippen molar-refractivity contribution >= 4 is 16.9 Å². The lowest BCUT2D eigenvalue weighted by Gasteiger charge is -2.09. The quantitative estimate of drug-likeness (QED) is 0.774. The monoisotopic (exact) mass is 241 g/mol. The molecular weight excluding hydrogens is 226 g/mol. The number of fused-ring (bicyclic) bond motifs is 2. The van der Waals surface area contributed by atoms with Gasteiger partial charge >= 0.3 is 5.97 Å². The van der Waals surface area contributed by atoms with Gasteiger partial charge in [-0.25, -0.2) is 9.78 Å². The van der Waals surface area contributed by atoms with E-state index in [0.717, 1.165) is 41.4 Å². The molecule has 0 aliphatic carbocycles. The minimum Gasteiger partial charge on any atom is -0.455 e. The highest BCUT2D eigenvalue weighted by Crippen LogP contribution is 2.29. The zero-order chi connectivity index (χ0) is 12.5. The second-order valence-electron chi connectivity index (χ2n) is 4.61. The highest BCUT2D eigenvalue weighted by molar-refractivity contribution is 6.00. The SMILES string of the molecule is CCCCc1c2c(nc3ccccc13)COC2=O. The maximum absolute atomic E-state index is 11.8. The molecule has 0 bridgehead atoms. The van der Waals surface area contributed by atoms with Gasteiger partial charge < -0.3 is 4.74 Å². The Morgan fingerprint density at radius 2 is 2.17 bits per heavy atom. The van der Waals surface area contributed by atoms with Gasteiger partial charge in [0.05, 0.1) is 16.8 Å². The van der Waals surface area contributed by atoms with E-state index in [1.807, 2.05) is 24.3 Å². The minimum absolute atomic E-state index is 0.214. The maximum Gasteiger partial charge on any atom is 0.340 e. The summed E-state index contributed by atoms with van der Waals surface area (Å²) in [4.78, 5) is 16.4. The highest BCUT2D eigenvalue weighted by Gasteiger charge is 2.27. The molecule has 3 nitrogen and oxygen atoms in total. The molecule has 3 rings (SSSR count). The Morgan fingerprint density at radius 3 is 3.00 bits per heavy atom. The molecule has 1 aliphatic rings. The second-order valence-corrected chi connectivity index (χ2v) is 4.61. The Kier molecular flexibility index (Phi) is 2.74. The number of cyclic esters (lactones) is 1. The first-order valence-corrected chi connectivity index (χ1v) is 6.39. The Bertz CT molecular complexity index is 619. The van der Waals surface area contributed by atoms with Gasteiger partial charge in [-0.05, 0) is 24.5 Å². The van der Waals surface area contributed by atoms with Crippen molar-refractivity contribution in [3.05, 3.63) is 41.1 Å². The average molecular weight is 241 g/mol. The van der Waals surface area contributed by atoms with Crippen molar-refractivity contribution in [1.29, 1.82) is 0 Å². The average Bonchev–Trinajstić information content (AvgIpc) is 2.76. The van der Waals surface area contributed by atoms with Gasteiger partial charge in [-0.2, -0.15) is 0 Å². The fourth-order valence-corrected chi connectivity index (χ4v) is 2.50. The molecule has 1 aromatic heterocycles. The van der Waals surface area contributed by atoms with Gasteiger partial charge in [-0.15, -0.1) is 0 Å². The zero-order valence-electron chi connectivity index (χ0n) is 10.4. The van der Waals surface area contributed by atoms with Crippen LogP contribution in [-0.2, 0) is 17.8 Å². The molecule has 3 heteroatoms. The van der Waals surface area contributed by atoms with Crippen LogP contribution in [0.2, 0.25) is 0 Å². The molecule has 0 fully saturated rings. The number of aryl methyl sites for hydroxylation is 1. The van der Waals surface area contributed by atoms with Crippen LogP contribution in [0.25, 0.3) is 10.9 Å². The summed E-state index contributed by atoms with van der Waals surface area (Å²) >= 11 is 0. The summed E-state index contributed by atoms with van der Waals surface area (Å²) in [7, 11) is 0. The summed E-state index contributed by atoms with van der Waals surface area (Å²) in [6.45, 7) is 2.47. The van der Waals surface area contributed by atoms with E-state index in [1.165, 1.54) is 0 Å². The van der Waals surface area contributed by atoms with Gasteiger partial charge in [0, 0.05) is 5.39 Å². The molecule has 1 aliphatic heterocycles. The van der Waals surface area contributed by atoms with Crippen molar-refractivity contribution in [3.8, 4) is 0 Å². The predicted molar refractivity (Wildman–Crippen MR) is 69.5 cm³/mol. The lowest BCUT2D eigenvalue weighted by molar-refractivity contribution is 0.0532. The molecule has 92 valence electrons. The number of hydrogen-bond acceptors (Lipinski definition) is 3. The van der Waals surface area contributed by atoms with E-state index < -0.39 is 0 Å². The zero-order valence-corrected chi connectivity index (χ0v) is 10.4. The van der Waals surface area contributed by atoms with E-state index in [2.05, 4.69) is 11.9 Å². The predicted octanol–water partition coefficient (Wildman–Crippen LogP) is 3.25. The molecule has 0 N–H and O–H groups in total. The van der Waals surface area contributed by atoms with Gasteiger partial charge in [-0.3, -0.25) is 0 Å². The Balaban J connectivity index is 2.26. The Labute approximate surface area is 106 Å². The number of benzene rings is 1. The van der Waals surface area contributed by atoms with Crippen LogP contribution in [0.4, 0.5) is 0 Å². The van der Waals surface area contributed by atoms with Gasteiger partial charge in [0.1, 0.15) is 6.61 Å². The van der Waals surface area contributed by atoms with Gasteiger partial charge in [-0.1, -0.05) is 31.5 Å². The fourth-order valence-electron chi connectivity index (χ4n) is 2.50. The van der Waals surface area contributed by atoms with Crippen LogP contribution >= 0.6 is 0 Å². The van der Waals surface area contributed by atoms with E-state index in [-0.39, 0.29) is 5.97 Å². The van der Waals surface area contributed by atoms with Gasteiger partial charge in [0.15, 0.2) is 0 Å². The molecule has 0 saturated carbocycles. The first-order chi connectivity index (χ1) is 8.81. The Hall–Kier alpha value is -1.90. The van der Waals surface area contributed by atoms with Crippen LogP contribution in [0.1, 0.15) is 41.4 Å². The molecule has 2 heterocycles. The van der Waals surface area contributed by atoms with E-state index in [4.69, 9.17) is 4.74 Å². The molecule has 0 atom stereocenters. The third-order valence-corrected chi connectivity index (χ3v) is 3.40. The van der Waals surface area contributed by atoms with Crippen molar-refractivity contribution in [2.45, 2.75) is 32.8 Å². The largest absolute Gasteiger partial charge is 0.455 e. The van der Waals surface area contributed by atoms with E-state index >= 15 is 0 Å². The summed E-state index contributed by atoms with van der Waals surface area (Å²) in [5.74, 6) is -0.214. The van der Waals surface area contributed by atoms with Crippen LogP contribution in [-0.4, -0.2) is 11.0 Å². The molecule has 0 amide bonds. The first-order valence-electron chi connectivity index (χ1n) is 6.39. The standard InChI is InChI=1S/C15H15NO2/c1-2-3-6-11-10-7-4-5-8-12(10)16-13-9-18-15(17)14(11)13/h4-5,7-8H,2-3,6,9H2,1H3. The molecule has 0 saturated heterocycles. The number of aromatic nitrogens is 1. The molecule has 0 spiro atoms. The van der Waals surface area contributed by atoms with E-state index in [0.29, 0.717) is 12.2 Å². The maximum atomic E-state index is 11.8. The number of rotatable bonds is 3. The number of unbranched alkanes of at least 4 members (excludes halogenated alkanes) is 1. The molecule has 0 radical (unpaired) electrons. The fraction of sp³-hybridized carbons (Fsp3) is 0.333. The lowest BCUT2D eigenvalue weighted by atomic mass is 9.97. The molecule has 0 unspecified atom stereocenters. The van der Waals surface area contributed by atoms with Gasteiger partial charge in [0.2, 0.25) is 0 Å². The molecule has 2 aromatic rings. The number of esters is 1. The number of carbonyl (C=O) groups is 1. The van der Waals surface area contributed by atoms with Crippen LogP contribution in [0, 0.1) is 0 Å². The first kappa shape index (κ1) is 11.2. The van der Waals surface area contributed by atoms with Crippen molar-refractivity contribution in [2.75, 3.05) is 0 Å². The summed E-state index contributed by atoms with van der Waals surface area (Å²) in [5.41, 5.74) is 3.58. The number of hydrogen-bond donors (Lipinski definition) is 0. The van der Waals surface area contributed by atoms with Crippen molar-refractivity contribution in [1.82, 2.24) is 4.98 Å². The van der Waals surface area contributed by atoms with Crippen molar-refractivity contribution in [2.24, 2.45) is 0 Å². The minimum atomic E-state index is -0.214. The number of carbonyl (C=O) groups excluding carboxylic acids is 1. The van der Waals surface area contributed by atoms with Crippen LogP contribution in [0.3, 0.4) is 0 Å². The lowest BCUT2D eigenvalue weighted by Crippen LogP contribution is -2.03. The van der Waals surface area contributed by atoms with Crippen molar-refractivity contribution in [3.63, 3.8) is 0 Å². The summed E-state index contributed by atoms with van der Waals surface area (Å²) < 4.78 is 5.11. The van der Waals surface area contributed by atoms with Crippen molar-refractivity contribution < 1.29 is 9.53 Å². The smallest absolute Gasteiger partial charge is 0.340 e. The molecule has 1 aromatic carbocycles. The highest BCUT2D eigenvalue weighted by atomic mass is 16.5. The van der Waals surface area contributed by atoms with E-state index in [9.17, 15) is 4.79 Å². The number of pyridine rings is 1. The summed E-state index contributed by atoms with van der Waals surface area (Å²) in [6.07, 6.45) is 3.10. The third-order valence-electron chi connectivity index (χ3n) is 3.40. The summed E-state index contributed by atoms with van der Waals surface area (Å²) in [5, 5.41) is 1.09. The Morgan fingerprint density at radius 1 is 1.33 bits per heavy atom. The number of nitrogens with zero attached hydrogens (tertiary/aromatic N) is 1. The number of para-hydroxylation sites is 1. The van der Waals surface area contributed by atoms with Crippen LogP contribution in [0.15, 0.2) is 24.3 Å². The number of ether oxygens (including phenoxy) is 1. The normalized spacial score (nSPS) is 13.7. The molecular formula is C15H15NO2. The summed E-state index contributed by atoms with van der Waals surface area (Å²) in [6, 6.07) is 8.00. The topological polar surface area (TPSA) is 39.2 Å². The van der Waals surface area contributed by atoms with Crippen LogP contribution in [0.5, 0.6) is 0 Å². The third kappa shape index (κ3) is 1.67. The van der Waals surface area contributed by atoms with Gasteiger partial charge in [0.25, 0.3) is 0 Å². The molecule has 18 heavy (non-hydrogen) atoms. The van der Waals surface area contributed by atoms with E-state index in [1.54, 1.807) is 0 Å². The second kappa shape index (κ2) is 4.41.